The van der Waals surface area contributed by atoms with Gasteiger partial charge >= 0.3 is 0 Å². The van der Waals surface area contributed by atoms with Gasteiger partial charge in [-0.2, -0.15) is 10.1 Å². The molecule has 102 valence electrons. The standard InChI is InChI=1S/C12H18N6O/c1-8(2)19-11-7-14-6-10(17-11)15-4-9-5-16-18(3)12(9)13/h5-8H,4,13H2,1-3H3,(H,15,17). The summed E-state index contributed by atoms with van der Waals surface area (Å²) in [7, 11) is 1.80. The van der Waals surface area contributed by atoms with Crippen LogP contribution in [0.4, 0.5) is 11.6 Å². The zero-order valence-corrected chi connectivity index (χ0v) is 11.3. The Morgan fingerprint density at radius 1 is 1.37 bits per heavy atom. The molecule has 2 aromatic rings. The molecule has 0 aliphatic heterocycles. The fraction of sp³-hybridized carbons (Fsp3) is 0.417. The topological polar surface area (TPSA) is 90.9 Å². The average molecular weight is 262 g/mol. The van der Waals surface area contributed by atoms with E-state index in [9.17, 15) is 0 Å². The highest BCUT2D eigenvalue weighted by Gasteiger charge is 2.06. The smallest absolute Gasteiger partial charge is 0.234 e. The molecule has 0 spiro atoms. The molecule has 0 saturated carbocycles. The summed E-state index contributed by atoms with van der Waals surface area (Å²) in [5.41, 5.74) is 6.78. The number of rotatable bonds is 5. The SMILES string of the molecule is CC(C)Oc1cncc(NCc2cnn(C)c2N)n1. The van der Waals surface area contributed by atoms with E-state index < -0.39 is 0 Å². The van der Waals surface area contributed by atoms with E-state index in [0.717, 1.165) is 5.56 Å². The van der Waals surface area contributed by atoms with Gasteiger partial charge in [-0.05, 0) is 13.8 Å². The lowest BCUT2D eigenvalue weighted by Gasteiger charge is -2.10. The normalized spacial score (nSPS) is 10.7. The molecular formula is C12H18N6O. The van der Waals surface area contributed by atoms with Gasteiger partial charge in [0.1, 0.15) is 11.6 Å². The fourth-order valence-electron chi connectivity index (χ4n) is 1.55. The molecule has 7 nitrogen and oxygen atoms in total. The van der Waals surface area contributed by atoms with Crippen molar-refractivity contribution in [2.45, 2.75) is 26.5 Å². The Hall–Kier alpha value is -2.31. The van der Waals surface area contributed by atoms with Crippen LogP contribution in [0.5, 0.6) is 5.88 Å². The molecule has 0 aromatic carbocycles. The Labute approximate surface area is 111 Å². The predicted molar refractivity (Wildman–Crippen MR) is 72.7 cm³/mol. The summed E-state index contributed by atoms with van der Waals surface area (Å²) in [6.45, 7) is 4.43. The third kappa shape index (κ3) is 3.34. The quantitative estimate of drug-likeness (QED) is 0.841. The maximum atomic E-state index is 5.86. The van der Waals surface area contributed by atoms with E-state index in [1.807, 2.05) is 13.8 Å². The van der Waals surface area contributed by atoms with E-state index in [4.69, 9.17) is 10.5 Å². The molecule has 0 aliphatic carbocycles. The molecule has 2 heterocycles. The summed E-state index contributed by atoms with van der Waals surface area (Å²) in [5.74, 6) is 1.77. The maximum Gasteiger partial charge on any atom is 0.234 e. The van der Waals surface area contributed by atoms with E-state index in [1.165, 1.54) is 0 Å². The van der Waals surface area contributed by atoms with Gasteiger partial charge in [0, 0.05) is 19.2 Å². The molecule has 0 aliphatic rings. The summed E-state index contributed by atoms with van der Waals surface area (Å²) in [5, 5.41) is 7.22. The highest BCUT2D eigenvalue weighted by atomic mass is 16.5. The number of nitrogens with zero attached hydrogens (tertiary/aromatic N) is 4. The van der Waals surface area contributed by atoms with Crippen molar-refractivity contribution in [1.29, 1.82) is 0 Å². The van der Waals surface area contributed by atoms with Crippen LogP contribution in [-0.4, -0.2) is 25.9 Å². The molecule has 7 heteroatoms. The number of anilines is 2. The van der Waals surface area contributed by atoms with E-state index >= 15 is 0 Å². The van der Waals surface area contributed by atoms with Crippen molar-refractivity contribution in [3.63, 3.8) is 0 Å². The van der Waals surface area contributed by atoms with Crippen LogP contribution < -0.4 is 15.8 Å². The number of aromatic nitrogens is 4. The summed E-state index contributed by atoms with van der Waals surface area (Å²) < 4.78 is 7.11. The van der Waals surface area contributed by atoms with Crippen LogP contribution >= 0.6 is 0 Å². The van der Waals surface area contributed by atoms with E-state index in [-0.39, 0.29) is 6.10 Å². The monoisotopic (exact) mass is 262 g/mol. The van der Waals surface area contributed by atoms with Crippen LogP contribution in [0.15, 0.2) is 18.6 Å². The Morgan fingerprint density at radius 2 is 2.16 bits per heavy atom. The maximum absolute atomic E-state index is 5.86. The van der Waals surface area contributed by atoms with Crippen molar-refractivity contribution in [3.8, 4) is 5.88 Å². The van der Waals surface area contributed by atoms with Crippen LogP contribution in [0.25, 0.3) is 0 Å². The summed E-state index contributed by atoms with van der Waals surface area (Å²) in [4.78, 5) is 8.38. The number of nitrogens with one attached hydrogen (secondary N) is 1. The zero-order valence-electron chi connectivity index (χ0n) is 11.3. The van der Waals surface area contributed by atoms with Crippen LogP contribution in [0.2, 0.25) is 0 Å². The Kier molecular flexibility index (Phi) is 3.84. The van der Waals surface area contributed by atoms with Gasteiger partial charge in [-0.15, -0.1) is 0 Å². The molecule has 0 radical (unpaired) electrons. The van der Waals surface area contributed by atoms with Gasteiger partial charge in [-0.3, -0.25) is 9.67 Å². The first-order valence-corrected chi connectivity index (χ1v) is 6.05. The Morgan fingerprint density at radius 3 is 2.79 bits per heavy atom. The van der Waals surface area contributed by atoms with Crippen LogP contribution in [0.1, 0.15) is 19.4 Å². The summed E-state index contributed by atoms with van der Waals surface area (Å²) in [6.07, 6.45) is 5.02. The van der Waals surface area contributed by atoms with Crippen molar-refractivity contribution in [1.82, 2.24) is 19.7 Å². The molecular weight excluding hydrogens is 244 g/mol. The van der Waals surface area contributed by atoms with Gasteiger partial charge in [0.15, 0.2) is 0 Å². The van der Waals surface area contributed by atoms with Crippen LogP contribution in [0.3, 0.4) is 0 Å². The lowest BCUT2D eigenvalue weighted by molar-refractivity contribution is 0.232. The van der Waals surface area contributed by atoms with E-state index in [2.05, 4.69) is 20.4 Å². The molecule has 0 bridgehead atoms. The first-order valence-electron chi connectivity index (χ1n) is 6.05. The number of ether oxygens (including phenoxy) is 1. The number of hydrogen-bond acceptors (Lipinski definition) is 6. The fourth-order valence-corrected chi connectivity index (χ4v) is 1.55. The number of hydrogen-bond donors (Lipinski definition) is 2. The van der Waals surface area contributed by atoms with E-state index in [1.54, 1.807) is 30.3 Å². The first kappa shape index (κ1) is 13.1. The molecule has 0 amide bonds. The molecule has 19 heavy (non-hydrogen) atoms. The highest BCUT2D eigenvalue weighted by molar-refractivity contribution is 5.42. The Balaban J connectivity index is 2.01. The van der Waals surface area contributed by atoms with Gasteiger partial charge in [0.25, 0.3) is 0 Å². The van der Waals surface area contributed by atoms with E-state index in [0.29, 0.717) is 24.1 Å². The second kappa shape index (κ2) is 5.55. The molecule has 2 aromatic heterocycles. The largest absolute Gasteiger partial charge is 0.474 e. The first-order chi connectivity index (χ1) is 9.06. The van der Waals surface area contributed by atoms with Gasteiger partial charge < -0.3 is 15.8 Å². The molecule has 0 fully saturated rings. The molecule has 0 unspecified atom stereocenters. The number of nitrogens with two attached hydrogens (primary N) is 1. The van der Waals surface area contributed by atoms with Crippen LogP contribution in [-0.2, 0) is 13.6 Å². The van der Waals surface area contributed by atoms with Gasteiger partial charge in [0.05, 0.1) is 24.7 Å². The molecule has 0 atom stereocenters. The van der Waals surface area contributed by atoms with Crippen molar-refractivity contribution >= 4 is 11.6 Å². The second-order valence-electron chi connectivity index (χ2n) is 4.44. The third-order valence-electron chi connectivity index (χ3n) is 2.49. The minimum absolute atomic E-state index is 0.0681. The molecule has 3 N–H and O–H groups in total. The van der Waals surface area contributed by atoms with Gasteiger partial charge in [-0.25, -0.2) is 0 Å². The highest BCUT2D eigenvalue weighted by Crippen LogP contribution is 2.14. The number of aryl methyl sites for hydroxylation is 1. The molecule has 0 saturated heterocycles. The minimum Gasteiger partial charge on any atom is -0.474 e. The third-order valence-corrected chi connectivity index (χ3v) is 2.49. The molecule has 2 rings (SSSR count). The Bertz CT molecular complexity index is 551. The van der Waals surface area contributed by atoms with Crippen LogP contribution in [0, 0.1) is 0 Å². The lowest BCUT2D eigenvalue weighted by atomic mass is 10.3. The summed E-state index contributed by atoms with van der Waals surface area (Å²) >= 11 is 0. The van der Waals surface area contributed by atoms with Gasteiger partial charge in [-0.1, -0.05) is 0 Å². The zero-order chi connectivity index (χ0) is 13.8. The van der Waals surface area contributed by atoms with Crippen molar-refractivity contribution in [3.05, 3.63) is 24.2 Å². The van der Waals surface area contributed by atoms with Gasteiger partial charge in [0.2, 0.25) is 5.88 Å². The van der Waals surface area contributed by atoms with Crippen molar-refractivity contribution in [2.75, 3.05) is 11.1 Å². The summed E-state index contributed by atoms with van der Waals surface area (Å²) in [6, 6.07) is 0. The second-order valence-corrected chi connectivity index (χ2v) is 4.44. The number of nitrogen functional groups attached to an aromatic ring is 1. The minimum atomic E-state index is 0.0681. The average Bonchev–Trinajstić information content (AvgIpc) is 2.67. The lowest BCUT2D eigenvalue weighted by Crippen LogP contribution is -2.09. The van der Waals surface area contributed by atoms with Crippen molar-refractivity contribution < 1.29 is 4.74 Å². The van der Waals surface area contributed by atoms with Crippen molar-refractivity contribution in [2.24, 2.45) is 7.05 Å². The predicted octanol–water partition coefficient (Wildman–Crippen LogP) is 1.19.